The van der Waals surface area contributed by atoms with Crippen molar-refractivity contribution in [3.05, 3.63) is 106 Å². The lowest BCUT2D eigenvalue weighted by Gasteiger charge is -2.27. The average molecular weight is 891 g/mol. The van der Waals surface area contributed by atoms with Crippen molar-refractivity contribution in [3.63, 3.8) is 0 Å². The SMILES string of the molecule is CCCCCCc1c2sc3ccccc3c2c(CCCCCC)c2c(-c3cccs3)c3c(CCCCCC)c4sc5ccccc5c4c(CCCCCC)c3c(-c3cccs3)c12. The van der Waals surface area contributed by atoms with Crippen molar-refractivity contribution in [1.29, 1.82) is 0 Å². The zero-order valence-electron chi connectivity index (χ0n) is 37.9. The van der Waals surface area contributed by atoms with Crippen LogP contribution >= 0.6 is 45.3 Å². The molecule has 9 aromatic rings. The van der Waals surface area contributed by atoms with E-state index in [0.29, 0.717) is 0 Å². The van der Waals surface area contributed by atoms with Gasteiger partial charge in [-0.15, -0.1) is 45.3 Å². The Morgan fingerprint density at radius 3 is 1.05 bits per heavy atom. The van der Waals surface area contributed by atoms with Gasteiger partial charge in [-0.1, -0.05) is 153 Å². The summed E-state index contributed by atoms with van der Waals surface area (Å²) >= 11 is 8.15. The number of thiophene rings is 4. The molecule has 0 amide bonds. The predicted octanol–water partition coefficient (Wildman–Crippen LogP) is 20.7. The van der Waals surface area contributed by atoms with E-state index in [1.54, 1.807) is 75.1 Å². The molecule has 0 spiro atoms. The van der Waals surface area contributed by atoms with Crippen molar-refractivity contribution in [3.8, 4) is 20.9 Å². The zero-order valence-corrected chi connectivity index (χ0v) is 41.1. The highest BCUT2D eigenvalue weighted by molar-refractivity contribution is 7.26. The van der Waals surface area contributed by atoms with Crippen molar-refractivity contribution in [2.45, 2.75) is 156 Å². The molecule has 0 aliphatic carbocycles. The largest absolute Gasteiger partial charge is 0.144 e. The molecular formula is C58H66S4. The molecule has 0 saturated carbocycles. The lowest BCUT2D eigenvalue weighted by molar-refractivity contribution is 0.667. The van der Waals surface area contributed by atoms with Crippen LogP contribution in [-0.4, -0.2) is 0 Å². The van der Waals surface area contributed by atoms with E-state index < -0.39 is 0 Å². The Balaban J connectivity index is 1.57. The molecule has 0 unspecified atom stereocenters. The van der Waals surface area contributed by atoms with E-state index in [0.717, 1.165) is 25.7 Å². The Kier molecular flexibility index (Phi) is 14.5. The molecule has 0 N–H and O–H groups in total. The van der Waals surface area contributed by atoms with Gasteiger partial charge in [0.1, 0.15) is 0 Å². The normalized spacial score (nSPS) is 12.2. The van der Waals surface area contributed by atoms with Gasteiger partial charge >= 0.3 is 0 Å². The van der Waals surface area contributed by atoms with Crippen LogP contribution in [0, 0.1) is 0 Å². The first-order valence-electron chi connectivity index (χ1n) is 24.5. The second kappa shape index (κ2) is 20.5. The molecule has 0 radical (unpaired) electrons. The highest BCUT2D eigenvalue weighted by Gasteiger charge is 2.31. The summed E-state index contributed by atoms with van der Waals surface area (Å²) in [6.45, 7) is 9.44. The molecule has 62 heavy (non-hydrogen) atoms. The third-order valence-electron chi connectivity index (χ3n) is 13.7. The molecule has 9 rings (SSSR count). The number of unbranched alkanes of at least 4 members (excludes halogenated alkanes) is 12. The van der Waals surface area contributed by atoms with Crippen LogP contribution in [0.4, 0.5) is 0 Å². The minimum absolute atomic E-state index is 1.12. The van der Waals surface area contributed by atoms with Crippen molar-refractivity contribution in [1.82, 2.24) is 0 Å². The van der Waals surface area contributed by atoms with E-state index in [1.165, 1.54) is 133 Å². The van der Waals surface area contributed by atoms with Crippen LogP contribution in [0.5, 0.6) is 0 Å². The monoisotopic (exact) mass is 890 g/mol. The first-order chi connectivity index (χ1) is 30.7. The number of benzene rings is 5. The summed E-state index contributed by atoms with van der Waals surface area (Å²) in [6.07, 6.45) is 24.8. The van der Waals surface area contributed by atoms with Crippen molar-refractivity contribution in [2.75, 3.05) is 0 Å². The molecule has 0 aliphatic rings. The molecule has 4 aromatic heterocycles. The molecule has 4 heteroatoms. The van der Waals surface area contributed by atoms with Gasteiger partial charge in [0.05, 0.1) is 0 Å². The van der Waals surface area contributed by atoms with Gasteiger partial charge in [-0.2, -0.15) is 0 Å². The number of fused-ring (bicyclic) bond motifs is 8. The van der Waals surface area contributed by atoms with E-state index in [2.05, 4.69) is 134 Å². The molecule has 0 aliphatic heterocycles. The molecule has 0 bridgehead atoms. The Bertz CT molecular complexity index is 2700. The second-order valence-corrected chi connectivity index (χ2v) is 22.0. The minimum atomic E-state index is 1.12. The fourth-order valence-corrected chi connectivity index (χ4v) is 15.0. The van der Waals surface area contributed by atoms with E-state index in [4.69, 9.17) is 0 Å². The summed E-state index contributed by atoms with van der Waals surface area (Å²) in [5, 5.41) is 17.2. The quantitative estimate of drug-likeness (QED) is 0.0470. The van der Waals surface area contributed by atoms with Crippen LogP contribution in [0.1, 0.15) is 153 Å². The first kappa shape index (κ1) is 43.7. The summed E-state index contributed by atoms with van der Waals surface area (Å²) in [5.74, 6) is 0. The standard InChI is InChI=1S/C58H66S4/c1-5-9-13-17-29-41-49-39-27-21-23-33-45(39)61-57(49)43(31-19-15-11-7-3)53-51(41)55(47-35-25-37-59-47)54-44(32-20-16-12-8-4)58-50(40-28-22-24-34-46(40)62-58)42(30-18-14-10-6-2)52(54)56(53)48-36-26-38-60-48/h21-28,33-38H,5-20,29-32H2,1-4H3. The number of hydrogen-bond donors (Lipinski definition) is 0. The Morgan fingerprint density at radius 1 is 0.339 bits per heavy atom. The van der Waals surface area contributed by atoms with Gasteiger partial charge in [-0.3, -0.25) is 0 Å². The van der Waals surface area contributed by atoms with Crippen LogP contribution in [0.25, 0.3) is 82.8 Å². The summed E-state index contributed by atoms with van der Waals surface area (Å²) in [5.41, 5.74) is 9.63. The maximum Gasteiger partial charge on any atom is 0.0396 e. The van der Waals surface area contributed by atoms with Gasteiger partial charge in [0.15, 0.2) is 0 Å². The van der Waals surface area contributed by atoms with Crippen molar-refractivity contribution in [2.24, 2.45) is 0 Å². The lowest BCUT2D eigenvalue weighted by atomic mass is 9.78. The maximum absolute atomic E-state index is 2.48. The Hall–Kier alpha value is -3.54. The molecular weight excluding hydrogens is 825 g/mol. The molecule has 322 valence electrons. The highest BCUT2D eigenvalue weighted by Crippen LogP contribution is 2.57. The molecule has 4 heterocycles. The number of hydrogen-bond acceptors (Lipinski definition) is 4. The fourth-order valence-electron chi connectivity index (χ4n) is 10.8. The Labute approximate surface area is 387 Å². The first-order valence-corrected chi connectivity index (χ1v) is 27.9. The molecule has 0 atom stereocenters. The molecule has 0 nitrogen and oxygen atoms in total. The second-order valence-electron chi connectivity index (χ2n) is 18.0. The van der Waals surface area contributed by atoms with Gasteiger partial charge in [-0.05, 0) is 130 Å². The predicted molar refractivity (Wildman–Crippen MR) is 285 cm³/mol. The molecule has 0 saturated heterocycles. The van der Waals surface area contributed by atoms with Gasteiger partial charge in [0.25, 0.3) is 0 Å². The maximum atomic E-state index is 2.48. The third kappa shape index (κ3) is 8.32. The lowest BCUT2D eigenvalue weighted by Crippen LogP contribution is -2.04. The third-order valence-corrected chi connectivity index (χ3v) is 17.9. The number of aryl methyl sites for hydroxylation is 4. The summed E-state index contributed by atoms with van der Waals surface area (Å²) in [6, 6.07) is 28.5. The Morgan fingerprint density at radius 2 is 0.694 bits per heavy atom. The van der Waals surface area contributed by atoms with E-state index in [9.17, 15) is 0 Å². The van der Waals surface area contributed by atoms with Gasteiger partial charge in [-0.25, -0.2) is 0 Å². The summed E-state index contributed by atoms with van der Waals surface area (Å²) in [4.78, 5) is 2.91. The molecule has 0 fully saturated rings. The molecule has 5 aromatic carbocycles. The van der Waals surface area contributed by atoms with Crippen LogP contribution in [-0.2, 0) is 25.7 Å². The smallest absolute Gasteiger partial charge is 0.0396 e. The summed E-state index contributed by atoms with van der Waals surface area (Å²) in [7, 11) is 0. The van der Waals surface area contributed by atoms with E-state index in [-0.39, 0.29) is 0 Å². The van der Waals surface area contributed by atoms with Crippen molar-refractivity contribution < 1.29 is 0 Å². The topological polar surface area (TPSA) is 0 Å². The average Bonchev–Trinajstić information content (AvgIpc) is 4.14. The fraction of sp³-hybridized carbons (Fsp3) is 0.414. The van der Waals surface area contributed by atoms with Crippen LogP contribution in [0.3, 0.4) is 0 Å². The van der Waals surface area contributed by atoms with E-state index in [1.807, 2.05) is 22.7 Å². The highest BCUT2D eigenvalue weighted by atomic mass is 32.1. The van der Waals surface area contributed by atoms with Gasteiger partial charge in [0, 0.05) is 61.2 Å². The van der Waals surface area contributed by atoms with Crippen LogP contribution in [0.15, 0.2) is 83.6 Å². The van der Waals surface area contributed by atoms with E-state index >= 15 is 0 Å². The van der Waals surface area contributed by atoms with Crippen molar-refractivity contribution >= 4 is 107 Å². The van der Waals surface area contributed by atoms with Crippen LogP contribution < -0.4 is 0 Å². The number of rotatable bonds is 22. The summed E-state index contributed by atoms with van der Waals surface area (Å²) < 4.78 is 6.03. The van der Waals surface area contributed by atoms with Gasteiger partial charge in [0.2, 0.25) is 0 Å². The van der Waals surface area contributed by atoms with Gasteiger partial charge < -0.3 is 0 Å². The minimum Gasteiger partial charge on any atom is -0.144 e. The van der Waals surface area contributed by atoms with Crippen LogP contribution in [0.2, 0.25) is 0 Å². The zero-order chi connectivity index (χ0) is 42.4.